The lowest BCUT2D eigenvalue weighted by Crippen LogP contribution is -2.29. The van der Waals surface area contributed by atoms with Crippen LogP contribution in [0.15, 0.2) is 244 Å². The average Bonchev–Trinajstić information content (AvgIpc) is 3.87. The molecule has 0 saturated heterocycles. The topological polar surface area (TPSA) is 3.24 Å². The monoisotopic (exact) mass is 907 g/mol. The summed E-state index contributed by atoms with van der Waals surface area (Å²) in [6, 6.07) is 76.3. The highest BCUT2D eigenvalue weighted by atomic mass is 19.1. The molecule has 1 nitrogen and oxygen atoms in total. The van der Waals surface area contributed by atoms with E-state index < -0.39 is 10.8 Å². The van der Waals surface area contributed by atoms with Gasteiger partial charge in [-0.05, 0) is 162 Å². The Hall–Kier alpha value is -8.73. The second-order valence-corrected chi connectivity index (χ2v) is 18.1. The smallest absolute Gasteiger partial charge is 0.123 e. The summed E-state index contributed by atoms with van der Waals surface area (Å²) in [6.45, 7) is 8.07. The van der Waals surface area contributed by atoms with Gasteiger partial charge in [0.2, 0.25) is 0 Å². The molecule has 2 aliphatic carbocycles. The minimum atomic E-state index is -0.817. The third-order valence-corrected chi connectivity index (χ3v) is 14.6. The fourth-order valence-electron chi connectivity index (χ4n) is 11.4. The quantitative estimate of drug-likeness (QED) is 0.132. The normalized spacial score (nSPS) is 16.2. The molecule has 334 valence electrons. The first-order chi connectivity index (χ1) is 34.3. The second-order valence-electron chi connectivity index (χ2n) is 18.1. The van der Waals surface area contributed by atoms with Crippen molar-refractivity contribution in [2.45, 2.75) is 10.8 Å². The molecule has 2 unspecified atom stereocenters. The molecule has 2 atom stereocenters. The average molecular weight is 908 g/mol. The van der Waals surface area contributed by atoms with Gasteiger partial charge in [-0.2, -0.15) is 0 Å². The van der Waals surface area contributed by atoms with E-state index in [1.54, 1.807) is 36.4 Å². The van der Waals surface area contributed by atoms with Crippen LogP contribution in [0.2, 0.25) is 0 Å². The van der Waals surface area contributed by atoms with Crippen LogP contribution in [0.3, 0.4) is 0 Å². The predicted molar refractivity (Wildman–Crippen MR) is 281 cm³/mol. The van der Waals surface area contributed by atoms with Crippen molar-refractivity contribution < 1.29 is 13.2 Å². The summed E-state index contributed by atoms with van der Waals surface area (Å²) in [5.74, 6) is -0.891. The maximum absolute atomic E-state index is 14.9. The lowest BCUT2D eigenvalue weighted by molar-refractivity contribution is 0.624. The number of fused-ring (bicyclic) bond motifs is 6. The molecule has 0 aromatic heterocycles. The van der Waals surface area contributed by atoms with Crippen molar-refractivity contribution >= 4 is 29.2 Å². The van der Waals surface area contributed by atoms with Gasteiger partial charge in [0.25, 0.3) is 0 Å². The van der Waals surface area contributed by atoms with E-state index in [2.05, 4.69) is 176 Å². The van der Waals surface area contributed by atoms with Crippen molar-refractivity contribution in [1.29, 1.82) is 0 Å². The molecule has 0 saturated carbocycles. The highest BCUT2D eigenvalue weighted by Gasteiger charge is 2.48. The van der Waals surface area contributed by atoms with Crippen LogP contribution in [0.1, 0.15) is 55.6 Å². The van der Waals surface area contributed by atoms with Gasteiger partial charge in [-0.15, -0.1) is 0 Å². The van der Waals surface area contributed by atoms with Gasteiger partial charge in [0.1, 0.15) is 17.5 Å². The molecule has 0 spiro atoms. The van der Waals surface area contributed by atoms with Gasteiger partial charge in [-0.3, -0.25) is 0 Å². The summed E-state index contributed by atoms with van der Waals surface area (Å²) in [5, 5.41) is 0. The lowest BCUT2D eigenvalue weighted by Gasteiger charge is -2.36. The Balaban J connectivity index is 1.13. The van der Waals surface area contributed by atoms with Crippen LogP contribution < -0.4 is 4.90 Å². The SMILES string of the molecule is C=Cc1ccc(C2(c3ccc(F)cc3)c3ccccc3-c3ccc(N(c4ccc(-c5ccc(F)cc5)cc4)c4ccc5c(c4)C(c4ccc(F)cc4)(c4ccc(C=C)cc4)c4ccccc4-5)cc32)cc1. The Morgan fingerprint density at radius 2 is 0.629 bits per heavy atom. The van der Waals surface area contributed by atoms with E-state index in [1.807, 2.05) is 36.4 Å². The summed E-state index contributed by atoms with van der Waals surface area (Å²) in [7, 11) is 0. The highest BCUT2D eigenvalue weighted by molar-refractivity contribution is 5.92. The van der Waals surface area contributed by atoms with E-state index in [4.69, 9.17) is 0 Å². The molecule has 0 heterocycles. The Morgan fingerprint density at radius 3 is 1.01 bits per heavy atom. The van der Waals surface area contributed by atoms with Gasteiger partial charge in [-0.1, -0.05) is 183 Å². The van der Waals surface area contributed by atoms with Gasteiger partial charge < -0.3 is 4.90 Å². The van der Waals surface area contributed by atoms with Gasteiger partial charge in [-0.25, -0.2) is 13.2 Å². The highest BCUT2D eigenvalue weighted by Crippen LogP contribution is 2.59. The van der Waals surface area contributed by atoms with Crippen molar-refractivity contribution in [2.24, 2.45) is 0 Å². The van der Waals surface area contributed by atoms with Crippen molar-refractivity contribution in [3.05, 3.63) is 317 Å². The van der Waals surface area contributed by atoms with Gasteiger partial charge in [0.15, 0.2) is 0 Å². The zero-order chi connectivity index (χ0) is 47.6. The van der Waals surface area contributed by atoms with E-state index >= 15 is 0 Å². The Labute approximate surface area is 406 Å². The van der Waals surface area contributed by atoms with Crippen LogP contribution >= 0.6 is 0 Å². The van der Waals surface area contributed by atoms with Gasteiger partial charge in [0.05, 0.1) is 10.8 Å². The number of anilines is 3. The van der Waals surface area contributed by atoms with E-state index in [0.717, 1.165) is 106 Å². The number of benzene rings is 10. The van der Waals surface area contributed by atoms with Crippen molar-refractivity contribution in [1.82, 2.24) is 0 Å². The zero-order valence-electron chi connectivity index (χ0n) is 38.1. The Bertz CT molecular complexity index is 3430. The lowest BCUT2D eigenvalue weighted by atomic mass is 9.67. The molecule has 12 rings (SSSR count). The molecule has 0 N–H and O–H groups in total. The van der Waals surface area contributed by atoms with Crippen LogP contribution in [-0.2, 0) is 10.8 Å². The maximum Gasteiger partial charge on any atom is 0.123 e. The predicted octanol–water partition coefficient (Wildman–Crippen LogP) is 17.3. The molecule has 2 aliphatic rings. The summed E-state index contributed by atoms with van der Waals surface area (Å²) in [4.78, 5) is 2.30. The second kappa shape index (κ2) is 16.8. The fraction of sp³-hybridized carbons (Fsp3) is 0.0303. The first kappa shape index (κ1) is 42.6. The fourth-order valence-corrected chi connectivity index (χ4v) is 11.4. The molecule has 70 heavy (non-hydrogen) atoms. The number of hydrogen-bond acceptors (Lipinski definition) is 1. The van der Waals surface area contributed by atoms with E-state index in [-0.39, 0.29) is 17.5 Å². The number of hydrogen-bond donors (Lipinski definition) is 0. The number of rotatable bonds is 10. The van der Waals surface area contributed by atoms with E-state index in [1.165, 1.54) is 12.1 Å². The summed E-state index contributed by atoms with van der Waals surface area (Å²) in [6.07, 6.45) is 3.69. The third-order valence-electron chi connectivity index (χ3n) is 14.6. The van der Waals surface area contributed by atoms with Crippen LogP contribution in [0.5, 0.6) is 0 Å². The Morgan fingerprint density at radius 1 is 0.314 bits per heavy atom. The number of halogens is 3. The minimum absolute atomic E-state index is 0.286. The molecular weight excluding hydrogens is 864 g/mol. The third kappa shape index (κ3) is 6.55. The molecule has 10 aromatic carbocycles. The standard InChI is InChI=1S/C66H44F3N/c1-3-43-13-21-47(22-14-43)65(49-25-31-52(68)32-26-49)61-11-7-5-9-57(61)59-39-37-55(41-63(59)65)70(54-35-19-46(20-36-54)45-17-29-51(67)30-18-45)56-38-40-60-58-10-6-8-12-62(58)66(64(60)42-56,50-27-33-53(69)34-28-50)48-23-15-44(4-2)16-24-48/h3-42H,1-2H2. The first-order valence-corrected chi connectivity index (χ1v) is 23.4. The van der Waals surface area contributed by atoms with Crippen LogP contribution in [0.25, 0.3) is 45.5 Å². The summed E-state index contributed by atoms with van der Waals surface area (Å²) < 4.78 is 44.0. The van der Waals surface area contributed by atoms with E-state index in [9.17, 15) is 13.2 Å². The zero-order valence-corrected chi connectivity index (χ0v) is 38.1. The first-order valence-electron chi connectivity index (χ1n) is 23.4. The molecule has 0 radical (unpaired) electrons. The van der Waals surface area contributed by atoms with Crippen molar-refractivity contribution in [3.8, 4) is 33.4 Å². The molecule has 0 bridgehead atoms. The van der Waals surface area contributed by atoms with Crippen LogP contribution in [-0.4, -0.2) is 0 Å². The van der Waals surface area contributed by atoms with Gasteiger partial charge >= 0.3 is 0 Å². The molecular formula is C66H44F3N. The van der Waals surface area contributed by atoms with Crippen molar-refractivity contribution in [3.63, 3.8) is 0 Å². The Kier molecular flexibility index (Phi) is 10.2. The largest absolute Gasteiger partial charge is 0.310 e. The number of nitrogens with zero attached hydrogens (tertiary/aromatic N) is 1. The molecule has 0 fully saturated rings. The molecule has 10 aromatic rings. The van der Waals surface area contributed by atoms with Crippen LogP contribution in [0, 0.1) is 17.5 Å². The molecule has 0 aliphatic heterocycles. The van der Waals surface area contributed by atoms with Gasteiger partial charge in [0, 0.05) is 17.1 Å². The maximum atomic E-state index is 14.9. The van der Waals surface area contributed by atoms with E-state index in [0.29, 0.717) is 0 Å². The molecule has 4 heteroatoms. The summed E-state index contributed by atoms with van der Waals surface area (Å²) >= 11 is 0. The van der Waals surface area contributed by atoms with Crippen LogP contribution in [0.4, 0.5) is 30.2 Å². The minimum Gasteiger partial charge on any atom is -0.310 e. The van der Waals surface area contributed by atoms with Crippen molar-refractivity contribution in [2.75, 3.05) is 4.90 Å². The summed E-state index contributed by atoms with van der Waals surface area (Å²) in [5.41, 5.74) is 17.7. The molecule has 0 amide bonds.